The molecule has 2 aromatic rings. The fraction of sp³-hybridized carbons (Fsp3) is 0.294. The van der Waals surface area contributed by atoms with Crippen LogP contribution in [0.3, 0.4) is 0 Å². The van der Waals surface area contributed by atoms with Gasteiger partial charge in [-0.1, -0.05) is 42.5 Å². The van der Waals surface area contributed by atoms with Gasteiger partial charge < -0.3 is 9.47 Å². The zero-order valence-electron chi connectivity index (χ0n) is 12.3. The summed E-state index contributed by atoms with van der Waals surface area (Å²) in [5, 5.41) is 0. The number of nitrogens with one attached hydrogen (secondary N) is 1. The average Bonchev–Trinajstić information content (AvgIpc) is 2.55. The lowest BCUT2D eigenvalue weighted by Crippen LogP contribution is -2.31. The maximum absolute atomic E-state index is 5.82. The van der Waals surface area contributed by atoms with E-state index in [1.807, 2.05) is 61.5 Å². The van der Waals surface area contributed by atoms with Gasteiger partial charge in [-0.3, -0.25) is 11.3 Å². The van der Waals surface area contributed by atoms with Crippen LogP contribution in [0.25, 0.3) is 0 Å². The monoisotopic (exact) mass is 286 g/mol. The normalized spacial score (nSPS) is 12.1. The predicted octanol–water partition coefficient (Wildman–Crippen LogP) is 2.81. The molecule has 1 unspecified atom stereocenters. The lowest BCUT2D eigenvalue weighted by molar-refractivity contribution is 0.123. The van der Waals surface area contributed by atoms with E-state index in [9.17, 15) is 0 Å². The van der Waals surface area contributed by atoms with Crippen molar-refractivity contribution < 1.29 is 9.47 Å². The van der Waals surface area contributed by atoms with Gasteiger partial charge in [0.2, 0.25) is 0 Å². The van der Waals surface area contributed by atoms with Gasteiger partial charge in [-0.15, -0.1) is 0 Å². The van der Waals surface area contributed by atoms with Crippen LogP contribution in [0.1, 0.15) is 24.1 Å². The molecule has 0 spiro atoms. The molecular formula is C17H22N2O2. The Kier molecular flexibility index (Phi) is 6.22. The summed E-state index contributed by atoms with van der Waals surface area (Å²) < 4.78 is 11.2. The first-order chi connectivity index (χ1) is 10.3. The molecule has 2 rings (SSSR count). The third kappa shape index (κ3) is 4.86. The molecule has 0 fully saturated rings. The highest BCUT2D eigenvalue weighted by molar-refractivity contribution is 5.31. The Labute approximate surface area is 125 Å². The third-order valence-corrected chi connectivity index (χ3v) is 3.20. The Balaban J connectivity index is 1.99. The maximum Gasteiger partial charge on any atom is 0.120 e. The van der Waals surface area contributed by atoms with Gasteiger partial charge in [-0.05, 0) is 30.2 Å². The number of benzene rings is 2. The van der Waals surface area contributed by atoms with Gasteiger partial charge in [0, 0.05) is 6.61 Å². The Hall–Kier alpha value is -1.88. The highest BCUT2D eigenvalue weighted by Crippen LogP contribution is 2.20. The minimum atomic E-state index is -0.0368. The Bertz CT molecular complexity index is 531. The summed E-state index contributed by atoms with van der Waals surface area (Å²) in [7, 11) is 0. The maximum atomic E-state index is 5.82. The molecule has 0 heterocycles. The van der Waals surface area contributed by atoms with E-state index in [2.05, 4.69) is 5.43 Å². The first-order valence-corrected chi connectivity index (χ1v) is 7.14. The molecule has 0 saturated heterocycles. The highest BCUT2D eigenvalue weighted by Gasteiger charge is 2.10. The van der Waals surface area contributed by atoms with Crippen LogP contribution in [-0.4, -0.2) is 13.2 Å². The lowest BCUT2D eigenvalue weighted by atomic mass is 10.1. The lowest BCUT2D eigenvalue weighted by Gasteiger charge is -2.17. The zero-order chi connectivity index (χ0) is 14.9. The average molecular weight is 286 g/mol. The largest absolute Gasteiger partial charge is 0.489 e. The quantitative estimate of drug-likeness (QED) is 0.579. The van der Waals surface area contributed by atoms with E-state index in [1.165, 1.54) is 0 Å². The van der Waals surface area contributed by atoms with Crippen LogP contribution in [-0.2, 0) is 11.3 Å². The van der Waals surface area contributed by atoms with Crippen molar-refractivity contribution in [1.82, 2.24) is 5.43 Å². The predicted molar refractivity (Wildman–Crippen MR) is 83.8 cm³/mol. The second-order valence-electron chi connectivity index (χ2n) is 4.73. The van der Waals surface area contributed by atoms with E-state index in [1.54, 1.807) is 0 Å². The summed E-state index contributed by atoms with van der Waals surface area (Å²) in [6.07, 6.45) is 0. The fourth-order valence-electron chi connectivity index (χ4n) is 2.04. The van der Waals surface area contributed by atoms with Gasteiger partial charge in [0.05, 0.1) is 12.6 Å². The summed E-state index contributed by atoms with van der Waals surface area (Å²) in [6, 6.07) is 18.0. The topological polar surface area (TPSA) is 56.5 Å². The summed E-state index contributed by atoms with van der Waals surface area (Å²) >= 11 is 0. The molecule has 0 bridgehead atoms. The molecule has 0 saturated carbocycles. The highest BCUT2D eigenvalue weighted by atomic mass is 16.5. The molecule has 112 valence electrons. The molecule has 0 aliphatic rings. The van der Waals surface area contributed by atoms with E-state index in [4.69, 9.17) is 15.3 Å². The molecule has 3 N–H and O–H groups in total. The van der Waals surface area contributed by atoms with Crippen LogP contribution in [0.2, 0.25) is 0 Å². The zero-order valence-corrected chi connectivity index (χ0v) is 12.3. The van der Waals surface area contributed by atoms with Crippen LogP contribution in [0.15, 0.2) is 54.6 Å². The molecule has 21 heavy (non-hydrogen) atoms. The van der Waals surface area contributed by atoms with E-state index >= 15 is 0 Å². The van der Waals surface area contributed by atoms with Gasteiger partial charge in [-0.2, -0.15) is 0 Å². The van der Waals surface area contributed by atoms with Crippen molar-refractivity contribution in [3.63, 3.8) is 0 Å². The van der Waals surface area contributed by atoms with E-state index < -0.39 is 0 Å². The number of hydrazine groups is 1. The third-order valence-electron chi connectivity index (χ3n) is 3.20. The standard InChI is InChI=1S/C17H22N2O2/c1-2-20-13-17(19-18)15-9-6-10-16(11-15)21-12-14-7-4-3-5-8-14/h3-11,17,19H,2,12-13,18H2,1H3. The van der Waals surface area contributed by atoms with E-state index in [0.717, 1.165) is 16.9 Å². The molecule has 4 heteroatoms. The molecule has 4 nitrogen and oxygen atoms in total. The Morgan fingerprint density at radius 2 is 1.90 bits per heavy atom. The number of hydrogen-bond acceptors (Lipinski definition) is 4. The molecule has 0 radical (unpaired) electrons. The molecule has 1 atom stereocenters. The van der Waals surface area contributed by atoms with Crippen molar-refractivity contribution in [3.8, 4) is 5.75 Å². The number of nitrogens with two attached hydrogens (primary N) is 1. The van der Waals surface area contributed by atoms with E-state index in [0.29, 0.717) is 19.8 Å². The first kappa shape index (κ1) is 15.5. The second-order valence-corrected chi connectivity index (χ2v) is 4.73. The minimum absolute atomic E-state index is 0.0368. The van der Waals surface area contributed by atoms with Crippen molar-refractivity contribution in [2.75, 3.05) is 13.2 Å². The number of rotatable bonds is 8. The number of ether oxygens (including phenoxy) is 2. The fourth-order valence-corrected chi connectivity index (χ4v) is 2.04. The van der Waals surface area contributed by atoms with Crippen LogP contribution >= 0.6 is 0 Å². The summed E-state index contributed by atoms with van der Waals surface area (Å²) in [5.41, 5.74) is 4.97. The Morgan fingerprint density at radius 1 is 1.10 bits per heavy atom. The van der Waals surface area contributed by atoms with Crippen LogP contribution in [0.5, 0.6) is 5.75 Å². The van der Waals surface area contributed by atoms with Crippen molar-refractivity contribution in [2.45, 2.75) is 19.6 Å². The Morgan fingerprint density at radius 3 is 2.62 bits per heavy atom. The molecule has 0 aromatic heterocycles. The van der Waals surface area contributed by atoms with Crippen molar-refractivity contribution in [3.05, 3.63) is 65.7 Å². The second kappa shape index (κ2) is 8.42. The van der Waals surface area contributed by atoms with Crippen molar-refractivity contribution >= 4 is 0 Å². The van der Waals surface area contributed by atoms with Crippen LogP contribution < -0.4 is 16.0 Å². The molecular weight excluding hydrogens is 264 g/mol. The van der Waals surface area contributed by atoms with Gasteiger partial charge >= 0.3 is 0 Å². The van der Waals surface area contributed by atoms with Crippen molar-refractivity contribution in [1.29, 1.82) is 0 Å². The summed E-state index contributed by atoms with van der Waals surface area (Å²) in [4.78, 5) is 0. The summed E-state index contributed by atoms with van der Waals surface area (Å²) in [5.74, 6) is 6.42. The van der Waals surface area contributed by atoms with Gasteiger partial charge in [0.1, 0.15) is 12.4 Å². The van der Waals surface area contributed by atoms with Gasteiger partial charge in [0.25, 0.3) is 0 Å². The van der Waals surface area contributed by atoms with Gasteiger partial charge in [-0.25, -0.2) is 0 Å². The van der Waals surface area contributed by atoms with E-state index in [-0.39, 0.29) is 6.04 Å². The molecule has 0 aliphatic carbocycles. The van der Waals surface area contributed by atoms with Crippen molar-refractivity contribution in [2.24, 2.45) is 5.84 Å². The minimum Gasteiger partial charge on any atom is -0.489 e. The smallest absolute Gasteiger partial charge is 0.120 e. The van der Waals surface area contributed by atoms with Gasteiger partial charge in [0.15, 0.2) is 0 Å². The van der Waals surface area contributed by atoms with Crippen LogP contribution in [0.4, 0.5) is 0 Å². The SMILES string of the molecule is CCOCC(NN)c1cccc(OCc2ccccc2)c1. The molecule has 0 amide bonds. The number of hydrogen-bond donors (Lipinski definition) is 2. The summed E-state index contributed by atoms with van der Waals surface area (Å²) in [6.45, 7) is 3.72. The molecule has 0 aliphatic heterocycles. The first-order valence-electron chi connectivity index (χ1n) is 7.14. The van der Waals surface area contributed by atoms with Crippen LogP contribution in [0, 0.1) is 0 Å². The molecule has 2 aromatic carbocycles.